The molecule has 2 aromatic rings. The molecule has 0 saturated heterocycles. The van der Waals surface area contributed by atoms with Crippen LogP contribution in [0.15, 0.2) is 47.4 Å². The Bertz CT molecular complexity index is 695. The number of nitrogens with zero attached hydrogens (tertiary/aromatic N) is 1. The lowest BCUT2D eigenvalue weighted by Gasteiger charge is -2.09. The molecule has 0 heterocycles. The number of hydrogen-bond acceptors (Lipinski definition) is 3. The van der Waals surface area contributed by atoms with E-state index < -0.39 is 10.8 Å². The van der Waals surface area contributed by atoms with Gasteiger partial charge in [-0.3, -0.25) is 4.21 Å². The van der Waals surface area contributed by atoms with Crippen molar-refractivity contribution in [1.29, 1.82) is 5.26 Å². The summed E-state index contributed by atoms with van der Waals surface area (Å²) in [5.41, 5.74) is 1.26. The molecule has 3 nitrogen and oxygen atoms in total. The lowest BCUT2D eigenvalue weighted by atomic mass is 10.1. The maximum absolute atomic E-state index is 12.3. The monoisotopic (exact) mass is 305 g/mol. The van der Waals surface area contributed by atoms with Gasteiger partial charge in [0.1, 0.15) is 5.75 Å². The molecule has 0 saturated carbocycles. The zero-order valence-corrected chi connectivity index (χ0v) is 12.4. The second-order valence-corrected chi connectivity index (χ2v) is 5.97. The smallest absolute Gasteiger partial charge is 0.123 e. The first kappa shape index (κ1) is 14.6. The van der Waals surface area contributed by atoms with Crippen LogP contribution in [0.1, 0.15) is 11.1 Å². The van der Waals surface area contributed by atoms with E-state index in [-0.39, 0.29) is 5.75 Å². The highest BCUT2D eigenvalue weighted by atomic mass is 35.5. The molecule has 20 heavy (non-hydrogen) atoms. The Hall–Kier alpha value is -1.83. The van der Waals surface area contributed by atoms with Crippen LogP contribution >= 0.6 is 11.6 Å². The number of nitriles is 1. The van der Waals surface area contributed by atoms with E-state index in [1.54, 1.807) is 49.6 Å². The molecule has 1 unspecified atom stereocenters. The summed E-state index contributed by atoms with van der Waals surface area (Å²) in [7, 11) is 0.308. The van der Waals surface area contributed by atoms with Crippen LogP contribution in [0.2, 0.25) is 5.02 Å². The molecular formula is C15H12ClNO2S. The minimum atomic E-state index is -1.24. The lowest BCUT2D eigenvalue weighted by Crippen LogP contribution is -2.00. The van der Waals surface area contributed by atoms with Crippen molar-refractivity contribution in [3.63, 3.8) is 0 Å². The third kappa shape index (κ3) is 3.38. The van der Waals surface area contributed by atoms with Crippen molar-refractivity contribution in [3.05, 3.63) is 58.6 Å². The predicted octanol–water partition coefficient (Wildman–Crippen LogP) is 3.53. The predicted molar refractivity (Wildman–Crippen MR) is 79.3 cm³/mol. The first-order valence-corrected chi connectivity index (χ1v) is 7.54. The molecule has 0 N–H and O–H groups in total. The van der Waals surface area contributed by atoms with Crippen LogP contribution in [0, 0.1) is 11.3 Å². The van der Waals surface area contributed by atoms with Gasteiger partial charge < -0.3 is 4.74 Å². The fraction of sp³-hybridized carbons (Fsp3) is 0.133. The first-order valence-electron chi connectivity index (χ1n) is 5.85. The number of methoxy groups -OCH3 is 1. The van der Waals surface area contributed by atoms with E-state index in [4.69, 9.17) is 21.6 Å². The van der Waals surface area contributed by atoms with E-state index in [0.29, 0.717) is 21.2 Å². The molecule has 0 spiro atoms. The third-order valence-electron chi connectivity index (χ3n) is 2.76. The minimum absolute atomic E-state index is 0.277. The van der Waals surface area contributed by atoms with E-state index in [1.807, 2.05) is 0 Å². The summed E-state index contributed by atoms with van der Waals surface area (Å²) in [6.45, 7) is 0. The zero-order valence-electron chi connectivity index (χ0n) is 10.8. The molecule has 0 aliphatic rings. The Morgan fingerprint density at radius 3 is 2.75 bits per heavy atom. The summed E-state index contributed by atoms with van der Waals surface area (Å²) in [5.74, 6) is 0.901. The molecule has 0 aliphatic carbocycles. The van der Waals surface area contributed by atoms with Gasteiger partial charge in [-0.25, -0.2) is 0 Å². The molecular weight excluding hydrogens is 294 g/mol. The molecule has 0 aliphatic heterocycles. The molecule has 0 amide bonds. The van der Waals surface area contributed by atoms with Crippen LogP contribution in [0.25, 0.3) is 0 Å². The summed E-state index contributed by atoms with van der Waals surface area (Å²) < 4.78 is 17.6. The summed E-state index contributed by atoms with van der Waals surface area (Å²) in [6, 6.07) is 14.1. The van der Waals surface area contributed by atoms with Gasteiger partial charge in [0.2, 0.25) is 0 Å². The van der Waals surface area contributed by atoms with E-state index in [0.717, 1.165) is 5.56 Å². The van der Waals surface area contributed by atoms with Gasteiger partial charge in [-0.2, -0.15) is 5.26 Å². The van der Waals surface area contributed by atoms with Gasteiger partial charge >= 0.3 is 0 Å². The molecule has 5 heteroatoms. The van der Waals surface area contributed by atoms with Crippen LogP contribution in [-0.4, -0.2) is 11.3 Å². The molecule has 0 fully saturated rings. The third-order valence-corrected chi connectivity index (χ3v) is 4.34. The maximum atomic E-state index is 12.3. The normalized spacial score (nSPS) is 11.7. The van der Waals surface area contributed by atoms with Crippen molar-refractivity contribution in [3.8, 4) is 11.8 Å². The maximum Gasteiger partial charge on any atom is 0.123 e. The van der Waals surface area contributed by atoms with Gasteiger partial charge in [0.05, 0.1) is 35.3 Å². The summed E-state index contributed by atoms with van der Waals surface area (Å²) in [6.07, 6.45) is 0. The summed E-state index contributed by atoms with van der Waals surface area (Å²) in [5, 5.41) is 9.48. The fourth-order valence-electron chi connectivity index (χ4n) is 1.79. The van der Waals surface area contributed by atoms with Crippen LogP contribution < -0.4 is 4.74 Å². The van der Waals surface area contributed by atoms with Crippen LogP contribution in [0.5, 0.6) is 5.75 Å². The standard InChI is InChI=1S/C15H12ClNO2S/c1-19-15-6-5-11(9-17)7-12(15)10-20(18)14-4-2-3-13(16)8-14/h2-8H,10H2,1H3. The molecule has 1 atom stereocenters. The van der Waals surface area contributed by atoms with Crippen molar-refractivity contribution in [2.45, 2.75) is 10.6 Å². The Kier molecular flexibility index (Phi) is 4.78. The topological polar surface area (TPSA) is 50.1 Å². The second-order valence-electron chi connectivity index (χ2n) is 4.09. The highest BCUT2D eigenvalue weighted by Gasteiger charge is 2.11. The van der Waals surface area contributed by atoms with Crippen LogP contribution in [0.3, 0.4) is 0 Å². The van der Waals surface area contributed by atoms with E-state index >= 15 is 0 Å². The van der Waals surface area contributed by atoms with Gasteiger partial charge in [0, 0.05) is 15.5 Å². The highest BCUT2D eigenvalue weighted by molar-refractivity contribution is 7.84. The second kappa shape index (κ2) is 6.56. The molecule has 102 valence electrons. The Balaban J connectivity index is 2.29. The average Bonchev–Trinajstić information content (AvgIpc) is 2.47. The van der Waals surface area contributed by atoms with Crippen molar-refractivity contribution in [2.75, 3.05) is 7.11 Å². The van der Waals surface area contributed by atoms with Gasteiger partial charge in [0.25, 0.3) is 0 Å². The molecule has 0 bridgehead atoms. The van der Waals surface area contributed by atoms with E-state index in [9.17, 15) is 4.21 Å². The zero-order chi connectivity index (χ0) is 14.5. The van der Waals surface area contributed by atoms with Gasteiger partial charge in [0.15, 0.2) is 0 Å². The Morgan fingerprint density at radius 2 is 2.10 bits per heavy atom. The Morgan fingerprint density at radius 1 is 1.30 bits per heavy atom. The quantitative estimate of drug-likeness (QED) is 0.868. The number of halogens is 1. The summed E-state index contributed by atoms with van der Waals surface area (Å²) in [4.78, 5) is 0.655. The Labute approximate surface area is 125 Å². The van der Waals surface area contributed by atoms with Gasteiger partial charge in [-0.05, 0) is 36.4 Å². The van der Waals surface area contributed by atoms with E-state index in [2.05, 4.69) is 6.07 Å². The molecule has 2 rings (SSSR count). The van der Waals surface area contributed by atoms with Crippen molar-refractivity contribution < 1.29 is 8.95 Å². The minimum Gasteiger partial charge on any atom is -0.496 e. The van der Waals surface area contributed by atoms with Crippen molar-refractivity contribution >= 4 is 22.4 Å². The number of ether oxygens (including phenoxy) is 1. The van der Waals surface area contributed by atoms with Crippen LogP contribution in [-0.2, 0) is 16.6 Å². The fourth-order valence-corrected chi connectivity index (χ4v) is 3.21. The molecule has 0 aromatic heterocycles. The highest BCUT2D eigenvalue weighted by Crippen LogP contribution is 2.24. The first-order chi connectivity index (χ1) is 9.63. The number of hydrogen-bond donors (Lipinski definition) is 0. The SMILES string of the molecule is COc1ccc(C#N)cc1CS(=O)c1cccc(Cl)c1. The average molecular weight is 306 g/mol. The molecule has 0 radical (unpaired) electrons. The van der Waals surface area contributed by atoms with E-state index in [1.165, 1.54) is 0 Å². The van der Waals surface area contributed by atoms with Crippen molar-refractivity contribution in [1.82, 2.24) is 0 Å². The van der Waals surface area contributed by atoms with Gasteiger partial charge in [-0.15, -0.1) is 0 Å². The largest absolute Gasteiger partial charge is 0.496 e. The van der Waals surface area contributed by atoms with Gasteiger partial charge in [-0.1, -0.05) is 17.7 Å². The lowest BCUT2D eigenvalue weighted by molar-refractivity contribution is 0.411. The summed E-state index contributed by atoms with van der Waals surface area (Å²) >= 11 is 5.90. The van der Waals surface area contributed by atoms with Crippen LogP contribution in [0.4, 0.5) is 0 Å². The number of benzene rings is 2. The number of rotatable bonds is 4. The van der Waals surface area contributed by atoms with Crippen molar-refractivity contribution in [2.24, 2.45) is 0 Å². The molecule has 2 aromatic carbocycles.